The zero-order chi connectivity index (χ0) is 12.6. The number of aliphatic hydroxyl groups is 1. The van der Waals surface area contributed by atoms with E-state index in [1.165, 1.54) is 11.8 Å². The molecule has 0 amide bonds. The molecule has 0 spiro atoms. The van der Waals surface area contributed by atoms with E-state index in [1.807, 2.05) is 0 Å². The van der Waals surface area contributed by atoms with Crippen molar-refractivity contribution in [1.29, 1.82) is 0 Å². The number of hydrogen-bond donors (Lipinski definition) is 2. The average Bonchev–Trinajstić information content (AvgIpc) is 2.58. The Morgan fingerprint density at radius 2 is 2.29 bits per heavy atom. The maximum Gasteiger partial charge on any atom is 0.391 e. The van der Waals surface area contributed by atoms with Gasteiger partial charge >= 0.3 is 6.18 Å². The highest BCUT2D eigenvalue weighted by Gasteiger charge is 2.46. The summed E-state index contributed by atoms with van der Waals surface area (Å²) >= 11 is 1.22. The standard InChI is InChI=1S/C9H13F3N2O2S/c1-13-8-14-6-5(15)2-4(3-9(10,11)12)16-7(6)17-8/h4-7,15H,2-3H2,1H3,(H,13,14). The van der Waals surface area contributed by atoms with Crippen LogP contribution in [0.25, 0.3) is 0 Å². The number of hydrogen-bond acceptors (Lipinski definition) is 4. The molecule has 0 radical (unpaired) electrons. The Morgan fingerprint density at radius 1 is 1.59 bits per heavy atom. The van der Waals surface area contributed by atoms with E-state index in [-0.39, 0.29) is 12.5 Å². The van der Waals surface area contributed by atoms with Crippen molar-refractivity contribution in [3.8, 4) is 0 Å². The highest BCUT2D eigenvalue weighted by Crippen LogP contribution is 2.36. The maximum absolute atomic E-state index is 12.2. The zero-order valence-electron chi connectivity index (χ0n) is 9.07. The normalized spacial score (nSPS) is 40.2. The van der Waals surface area contributed by atoms with Crippen molar-refractivity contribution in [2.45, 2.75) is 42.7 Å². The van der Waals surface area contributed by atoms with Crippen LogP contribution in [0.1, 0.15) is 12.8 Å². The third kappa shape index (κ3) is 3.05. The molecule has 0 aromatic carbocycles. The Bertz CT molecular complexity index is 324. The van der Waals surface area contributed by atoms with E-state index >= 15 is 0 Å². The molecule has 2 fully saturated rings. The second kappa shape index (κ2) is 4.66. The van der Waals surface area contributed by atoms with Gasteiger partial charge in [-0.3, -0.25) is 4.99 Å². The molecule has 4 atom stereocenters. The fourth-order valence-electron chi connectivity index (χ4n) is 1.99. The molecule has 2 heterocycles. The molecule has 0 saturated carbocycles. The summed E-state index contributed by atoms with van der Waals surface area (Å²) in [7, 11) is 1.58. The number of halogens is 3. The Labute approximate surface area is 101 Å². The number of nitrogens with zero attached hydrogens (tertiary/aromatic N) is 1. The van der Waals surface area contributed by atoms with Crippen LogP contribution in [0.4, 0.5) is 13.2 Å². The third-order valence-electron chi connectivity index (χ3n) is 2.72. The van der Waals surface area contributed by atoms with Gasteiger partial charge in [0.15, 0.2) is 5.17 Å². The van der Waals surface area contributed by atoms with Gasteiger partial charge in [-0.25, -0.2) is 0 Å². The van der Waals surface area contributed by atoms with E-state index in [9.17, 15) is 18.3 Å². The molecule has 0 aliphatic carbocycles. The largest absolute Gasteiger partial charge is 0.391 e. The van der Waals surface area contributed by atoms with Crippen molar-refractivity contribution >= 4 is 16.9 Å². The van der Waals surface area contributed by atoms with Gasteiger partial charge in [0.1, 0.15) is 5.44 Å². The first-order chi connectivity index (χ1) is 7.89. The maximum atomic E-state index is 12.2. The van der Waals surface area contributed by atoms with Crippen molar-refractivity contribution in [2.75, 3.05) is 7.05 Å². The van der Waals surface area contributed by atoms with Crippen molar-refractivity contribution in [3.63, 3.8) is 0 Å². The number of nitrogens with one attached hydrogen (secondary N) is 1. The molecular weight excluding hydrogens is 257 g/mol. The van der Waals surface area contributed by atoms with Crippen molar-refractivity contribution < 1.29 is 23.0 Å². The van der Waals surface area contributed by atoms with Gasteiger partial charge in [-0.2, -0.15) is 13.2 Å². The number of aliphatic imine (C=N–C) groups is 1. The molecule has 2 saturated heterocycles. The zero-order valence-corrected chi connectivity index (χ0v) is 9.88. The van der Waals surface area contributed by atoms with Crippen LogP contribution >= 0.6 is 11.8 Å². The van der Waals surface area contributed by atoms with E-state index in [0.29, 0.717) is 5.17 Å². The summed E-state index contributed by atoms with van der Waals surface area (Å²) in [5.41, 5.74) is -0.496. The molecule has 4 nitrogen and oxygen atoms in total. The van der Waals surface area contributed by atoms with Gasteiger partial charge < -0.3 is 15.2 Å². The lowest BCUT2D eigenvalue weighted by Crippen LogP contribution is -2.50. The molecule has 8 heteroatoms. The van der Waals surface area contributed by atoms with Crippen LogP contribution in [0.15, 0.2) is 4.99 Å². The third-order valence-corrected chi connectivity index (χ3v) is 3.88. The Morgan fingerprint density at radius 3 is 2.88 bits per heavy atom. The van der Waals surface area contributed by atoms with Crippen LogP contribution in [-0.2, 0) is 4.74 Å². The quantitative estimate of drug-likeness (QED) is 0.749. The minimum Gasteiger partial charge on any atom is -0.391 e. The SMILES string of the molecule is CN=C1NC2C(O)CC(CC(F)(F)F)OC2S1. The minimum absolute atomic E-state index is 0.00870. The van der Waals surface area contributed by atoms with E-state index in [0.717, 1.165) is 0 Å². The number of aliphatic hydroxyl groups excluding tert-OH is 1. The lowest BCUT2D eigenvalue weighted by Gasteiger charge is -2.35. The molecule has 2 aliphatic rings. The first-order valence-electron chi connectivity index (χ1n) is 5.19. The molecule has 2 aliphatic heterocycles. The monoisotopic (exact) mass is 270 g/mol. The fraction of sp³-hybridized carbons (Fsp3) is 0.889. The Kier molecular flexibility index (Phi) is 3.55. The second-order valence-corrected chi connectivity index (χ2v) is 5.15. The predicted molar refractivity (Wildman–Crippen MR) is 57.8 cm³/mol. The van der Waals surface area contributed by atoms with Gasteiger partial charge in [0.2, 0.25) is 0 Å². The summed E-state index contributed by atoms with van der Waals surface area (Å²) in [6.45, 7) is 0. The fourth-order valence-corrected chi connectivity index (χ4v) is 3.12. The molecular formula is C9H13F3N2O2S. The molecule has 4 unspecified atom stereocenters. The summed E-state index contributed by atoms with van der Waals surface area (Å²) in [5, 5.41) is 13.3. The van der Waals surface area contributed by atoms with Gasteiger partial charge in [0, 0.05) is 13.5 Å². The number of rotatable bonds is 1. The Balaban J connectivity index is 2.00. The van der Waals surface area contributed by atoms with Gasteiger partial charge in [-0.15, -0.1) is 0 Å². The van der Waals surface area contributed by atoms with Crippen LogP contribution in [0.3, 0.4) is 0 Å². The molecule has 0 aromatic rings. The van der Waals surface area contributed by atoms with Crippen LogP contribution < -0.4 is 5.32 Å². The van der Waals surface area contributed by atoms with Gasteiger partial charge in [0.05, 0.1) is 24.7 Å². The van der Waals surface area contributed by atoms with E-state index in [4.69, 9.17) is 4.74 Å². The smallest absolute Gasteiger partial charge is 0.391 e. The van der Waals surface area contributed by atoms with Gasteiger partial charge in [-0.05, 0) is 0 Å². The summed E-state index contributed by atoms with van der Waals surface area (Å²) in [4.78, 5) is 3.90. The van der Waals surface area contributed by atoms with Crippen LogP contribution in [-0.4, -0.2) is 47.2 Å². The number of amidine groups is 1. The molecule has 0 aromatic heterocycles. The number of alkyl halides is 3. The summed E-state index contributed by atoms with van der Waals surface area (Å²) < 4.78 is 42.1. The van der Waals surface area contributed by atoms with Crippen LogP contribution in [0.5, 0.6) is 0 Å². The minimum atomic E-state index is -4.27. The molecule has 17 heavy (non-hydrogen) atoms. The highest BCUT2D eigenvalue weighted by atomic mass is 32.2. The van der Waals surface area contributed by atoms with E-state index in [2.05, 4.69) is 10.3 Å². The van der Waals surface area contributed by atoms with E-state index < -0.39 is 30.2 Å². The number of thioether (sulfide) groups is 1. The lowest BCUT2D eigenvalue weighted by molar-refractivity contribution is -0.178. The number of ether oxygens (including phenoxy) is 1. The molecule has 2 rings (SSSR count). The van der Waals surface area contributed by atoms with E-state index in [1.54, 1.807) is 7.05 Å². The lowest BCUT2D eigenvalue weighted by atomic mass is 9.99. The molecule has 98 valence electrons. The Hall–Kier alpha value is -0.470. The molecule has 2 N–H and O–H groups in total. The predicted octanol–water partition coefficient (Wildman–Crippen LogP) is 1.11. The van der Waals surface area contributed by atoms with Crippen LogP contribution in [0.2, 0.25) is 0 Å². The summed E-state index contributed by atoms with van der Waals surface area (Å²) in [6, 6.07) is -0.372. The average molecular weight is 270 g/mol. The molecule has 0 bridgehead atoms. The highest BCUT2D eigenvalue weighted by molar-refractivity contribution is 8.14. The van der Waals surface area contributed by atoms with Crippen molar-refractivity contribution in [1.82, 2.24) is 5.32 Å². The van der Waals surface area contributed by atoms with Gasteiger partial charge in [-0.1, -0.05) is 11.8 Å². The van der Waals surface area contributed by atoms with Crippen molar-refractivity contribution in [2.24, 2.45) is 4.99 Å². The van der Waals surface area contributed by atoms with Gasteiger partial charge in [0.25, 0.3) is 0 Å². The first-order valence-corrected chi connectivity index (χ1v) is 6.07. The topological polar surface area (TPSA) is 53.9 Å². The van der Waals surface area contributed by atoms with Crippen LogP contribution in [0, 0.1) is 0 Å². The second-order valence-electron chi connectivity index (χ2n) is 4.07. The van der Waals surface area contributed by atoms with Crippen molar-refractivity contribution in [3.05, 3.63) is 0 Å². The summed E-state index contributed by atoms with van der Waals surface area (Å²) in [6.07, 6.45) is -7.11. The number of fused-ring (bicyclic) bond motifs is 1. The first kappa shape index (κ1) is 13.0. The summed E-state index contributed by atoms with van der Waals surface area (Å²) in [5.74, 6) is 0.